The normalized spacial score (nSPS) is 16.0. The summed E-state index contributed by atoms with van der Waals surface area (Å²) in [6.07, 6.45) is 5.24. The third kappa shape index (κ3) is 3.03. The number of hydrogen-bond acceptors (Lipinski definition) is 3. The molecule has 112 valence electrons. The number of aryl methyl sites for hydroxylation is 1. The van der Waals surface area contributed by atoms with Gasteiger partial charge in [-0.2, -0.15) is 0 Å². The third-order valence-electron chi connectivity index (χ3n) is 3.53. The van der Waals surface area contributed by atoms with Crippen molar-refractivity contribution in [2.45, 2.75) is 26.7 Å². The van der Waals surface area contributed by atoms with Crippen LogP contribution in [0.1, 0.15) is 31.1 Å². The number of esters is 1. The summed E-state index contributed by atoms with van der Waals surface area (Å²) in [5, 5.41) is 0. The molecule has 0 bridgehead atoms. The van der Waals surface area contributed by atoms with Gasteiger partial charge in [0.2, 0.25) is 0 Å². The van der Waals surface area contributed by atoms with Crippen LogP contribution in [0.25, 0.3) is 17.4 Å². The van der Waals surface area contributed by atoms with Gasteiger partial charge in [0, 0.05) is 12.0 Å². The topological polar surface area (TPSA) is 39.4 Å². The highest BCUT2D eigenvalue weighted by Gasteiger charge is 2.20. The van der Waals surface area contributed by atoms with Crippen LogP contribution in [0.3, 0.4) is 0 Å². The lowest BCUT2D eigenvalue weighted by Gasteiger charge is -1.97. The van der Waals surface area contributed by atoms with E-state index in [9.17, 15) is 4.79 Å². The molecule has 0 N–H and O–H groups in total. The number of carbonyl (C=O) groups is 1. The number of cyclic esters (lactones) is 1. The molecular weight excluding hydrogens is 276 g/mol. The van der Waals surface area contributed by atoms with Gasteiger partial charge in [-0.3, -0.25) is 0 Å². The Labute approximate surface area is 129 Å². The van der Waals surface area contributed by atoms with Gasteiger partial charge >= 0.3 is 5.97 Å². The summed E-state index contributed by atoms with van der Waals surface area (Å²) in [5.74, 6) is 1.85. The molecule has 0 amide bonds. The van der Waals surface area contributed by atoms with E-state index in [4.69, 9.17) is 9.15 Å². The maximum absolute atomic E-state index is 11.8. The monoisotopic (exact) mass is 294 g/mol. The number of allylic oxidation sites excluding steroid dienone is 1. The Kier molecular flexibility index (Phi) is 3.96. The first-order valence-electron chi connectivity index (χ1n) is 7.47. The van der Waals surface area contributed by atoms with Crippen molar-refractivity contribution in [2.75, 3.05) is 0 Å². The standard InChI is InChI=1S/C19H18O3/c1-3-4-16-11-15(19(20)22-16)12-17-9-10-18(21-17)14-7-5-13(2)6-8-14/h5-12H,3-4H2,1-2H3. The predicted molar refractivity (Wildman–Crippen MR) is 85.9 cm³/mol. The molecule has 0 saturated carbocycles. The Balaban J connectivity index is 1.84. The Morgan fingerprint density at radius 2 is 1.86 bits per heavy atom. The molecule has 2 aromatic rings. The van der Waals surface area contributed by atoms with Crippen LogP contribution in [0, 0.1) is 6.92 Å². The van der Waals surface area contributed by atoms with Crippen molar-refractivity contribution >= 4 is 12.0 Å². The predicted octanol–water partition coefficient (Wildman–Crippen LogP) is 4.88. The van der Waals surface area contributed by atoms with Crippen LogP contribution < -0.4 is 0 Å². The van der Waals surface area contributed by atoms with Gasteiger partial charge < -0.3 is 9.15 Å². The molecule has 1 aromatic carbocycles. The molecule has 0 saturated heterocycles. The quantitative estimate of drug-likeness (QED) is 0.596. The molecule has 0 aliphatic carbocycles. The highest BCUT2D eigenvalue weighted by atomic mass is 16.5. The lowest BCUT2D eigenvalue weighted by molar-refractivity contribution is -0.133. The zero-order valence-electron chi connectivity index (χ0n) is 12.8. The average Bonchev–Trinajstić information content (AvgIpc) is 3.08. The second kappa shape index (κ2) is 6.06. The van der Waals surface area contributed by atoms with E-state index in [0.717, 1.165) is 29.9 Å². The minimum Gasteiger partial charge on any atom is -0.457 e. The van der Waals surface area contributed by atoms with Crippen LogP contribution in [-0.2, 0) is 9.53 Å². The van der Waals surface area contributed by atoms with Crippen molar-refractivity contribution in [3.05, 3.63) is 65.1 Å². The molecule has 1 aromatic heterocycles. The van der Waals surface area contributed by atoms with E-state index >= 15 is 0 Å². The van der Waals surface area contributed by atoms with Crippen LogP contribution in [0.2, 0.25) is 0 Å². The van der Waals surface area contributed by atoms with E-state index in [0.29, 0.717) is 11.3 Å². The Bertz CT molecular complexity index is 745. The Morgan fingerprint density at radius 3 is 2.59 bits per heavy atom. The summed E-state index contributed by atoms with van der Waals surface area (Å²) in [6, 6.07) is 11.9. The first-order valence-corrected chi connectivity index (χ1v) is 7.47. The fourth-order valence-corrected chi connectivity index (χ4v) is 2.37. The van der Waals surface area contributed by atoms with Crippen LogP contribution in [0.4, 0.5) is 0 Å². The summed E-state index contributed by atoms with van der Waals surface area (Å²) >= 11 is 0. The van der Waals surface area contributed by atoms with E-state index < -0.39 is 0 Å². The maximum Gasteiger partial charge on any atom is 0.343 e. The van der Waals surface area contributed by atoms with Crippen LogP contribution in [-0.4, -0.2) is 5.97 Å². The van der Waals surface area contributed by atoms with Gasteiger partial charge in [-0.1, -0.05) is 36.8 Å². The van der Waals surface area contributed by atoms with Crippen molar-refractivity contribution in [1.82, 2.24) is 0 Å². The molecule has 3 nitrogen and oxygen atoms in total. The lowest BCUT2D eigenvalue weighted by Crippen LogP contribution is -1.96. The molecule has 3 heteroatoms. The fourth-order valence-electron chi connectivity index (χ4n) is 2.37. The van der Waals surface area contributed by atoms with Gasteiger partial charge in [-0.15, -0.1) is 0 Å². The van der Waals surface area contributed by atoms with Crippen molar-refractivity contribution in [2.24, 2.45) is 0 Å². The van der Waals surface area contributed by atoms with Gasteiger partial charge in [0.05, 0.1) is 5.57 Å². The van der Waals surface area contributed by atoms with Crippen molar-refractivity contribution < 1.29 is 13.9 Å². The molecule has 0 atom stereocenters. The molecule has 22 heavy (non-hydrogen) atoms. The lowest BCUT2D eigenvalue weighted by atomic mass is 10.1. The Morgan fingerprint density at radius 1 is 1.09 bits per heavy atom. The van der Waals surface area contributed by atoms with Gasteiger partial charge in [-0.25, -0.2) is 4.79 Å². The molecular formula is C19H18O3. The second-order valence-electron chi connectivity index (χ2n) is 5.42. The number of rotatable bonds is 4. The first-order chi connectivity index (χ1) is 10.7. The molecule has 1 aliphatic rings. The van der Waals surface area contributed by atoms with Gasteiger partial charge in [0.1, 0.15) is 17.3 Å². The summed E-state index contributed by atoms with van der Waals surface area (Å²) < 4.78 is 11.0. The number of ether oxygens (including phenoxy) is 1. The SMILES string of the molecule is CCCC1=CC(=Cc2ccc(-c3ccc(C)cc3)o2)C(=O)O1. The zero-order chi connectivity index (χ0) is 15.5. The maximum atomic E-state index is 11.8. The third-order valence-corrected chi connectivity index (χ3v) is 3.53. The summed E-state index contributed by atoms with van der Waals surface area (Å²) in [7, 11) is 0. The van der Waals surface area contributed by atoms with E-state index in [2.05, 4.69) is 6.92 Å². The fraction of sp³-hybridized carbons (Fsp3) is 0.211. The van der Waals surface area contributed by atoms with Gasteiger partial charge in [0.25, 0.3) is 0 Å². The smallest absolute Gasteiger partial charge is 0.343 e. The Hall–Kier alpha value is -2.55. The average molecular weight is 294 g/mol. The van der Waals surface area contributed by atoms with Crippen molar-refractivity contribution in [3.8, 4) is 11.3 Å². The highest BCUT2D eigenvalue weighted by Crippen LogP contribution is 2.26. The van der Waals surface area contributed by atoms with E-state index in [-0.39, 0.29) is 5.97 Å². The van der Waals surface area contributed by atoms with Gasteiger partial charge in [0.15, 0.2) is 0 Å². The van der Waals surface area contributed by atoms with E-state index in [1.165, 1.54) is 5.56 Å². The molecule has 0 spiro atoms. The molecule has 0 radical (unpaired) electrons. The van der Waals surface area contributed by atoms with E-state index in [1.54, 1.807) is 12.2 Å². The van der Waals surface area contributed by atoms with Crippen LogP contribution in [0.5, 0.6) is 0 Å². The zero-order valence-corrected chi connectivity index (χ0v) is 12.8. The van der Waals surface area contributed by atoms with Crippen molar-refractivity contribution in [1.29, 1.82) is 0 Å². The van der Waals surface area contributed by atoms with Crippen LogP contribution in [0.15, 0.2) is 58.2 Å². The summed E-state index contributed by atoms with van der Waals surface area (Å²) in [4.78, 5) is 11.8. The summed E-state index contributed by atoms with van der Waals surface area (Å²) in [6.45, 7) is 4.10. The number of benzene rings is 1. The number of carbonyl (C=O) groups excluding carboxylic acids is 1. The highest BCUT2D eigenvalue weighted by molar-refractivity contribution is 5.99. The minimum absolute atomic E-state index is 0.309. The van der Waals surface area contributed by atoms with Crippen LogP contribution >= 0.6 is 0 Å². The molecule has 1 aliphatic heterocycles. The first kappa shape index (κ1) is 14.4. The van der Waals surface area contributed by atoms with Gasteiger partial charge in [-0.05, 0) is 37.6 Å². The minimum atomic E-state index is -0.309. The van der Waals surface area contributed by atoms with E-state index in [1.807, 2.05) is 43.3 Å². The molecule has 0 fully saturated rings. The number of hydrogen-bond donors (Lipinski definition) is 0. The van der Waals surface area contributed by atoms with Crippen molar-refractivity contribution in [3.63, 3.8) is 0 Å². The molecule has 0 unspecified atom stereocenters. The number of furan rings is 1. The second-order valence-corrected chi connectivity index (χ2v) is 5.42. The molecule has 2 heterocycles. The summed E-state index contributed by atoms with van der Waals surface area (Å²) in [5.41, 5.74) is 2.76. The largest absolute Gasteiger partial charge is 0.457 e. The molecule has 3 rings (SSSR count).